The van der Waals surface area contributed by atoms with E-state index in [0.717, 1.165) is 27.6 Å². The number of amides is 1. The lowest BCUT2D eigenvalue weighted by Crippen LogP contribution is -2.44. The van der Waals surface area contributed by atoms with E-state index in [1.807, 2.05) is 91.1 Å². The van der Waals surface area contributed by atoms with E-state index in [1.165, 1.54) is 6.07 Å². The topological polar surface area (TPSA) is 111 Å². The molecule has 4 aromatic carbocycles. The van der Waals surface area contributed by atoms with Crippen LogP contribution in [-0.4, -0.2) is 23.1 Å². The van der Waals surface area contributed by atoms with Crippen molar-refractivity contribution >= 4 is 33.9 Å². The van der Waals surface area contributed by atoms with Crippen LogP contribution in [0.4, 0.5) is 4.79 Å². The fraction of sp³-hybridized carbons (Fsp3) is 0.114. The van der Waals surface area contributed by atoms with E-state index in [1.54, 1.807) is 19.1 Å². The molecule has 2 N–H and O–H groups in total. The van der Waals surface area contributed by atoms with Gasteiger partial charge in [-0.2, -0.15) is 0 Å². The Morgan fingerprint density at radius 2 is 1.60 bits per heavy atom. The first-order valence-electron chi connectivity index (χ1n) is 13.8. The number of para-hydroxylation sites is 1. The molecule has 6 rings (SSSR count). The number of H-pyrrole nitrogens is 1. The summed E-state index contributed by atoms with van der Waals surface area (Å²) in [6.07, 6.45) is 1.21. The number of carbonyl (C=O) groups is 2. The molecule has 1 atom stereocenters. The molecule has 0 radical (unpaired) electrons. The Morgan fingerprint density at radius 1 is 0.884 bits per heavy atom. The summed E-state index contributed by atoms with van der Waals surface area (Å²) >= 11 is 0. The average molecular weight is 573 g/mol. The van der Waals surface area contributed by atoms with E-state index in [9.17, 15) is 14.4 Å². The number of nitrogens with one attached hydrogen (secondary N) is 2. The zero-order valence-corrected chi connectivity index (χ0v) is 23.3. The molecule has 0 spiro atoms. The molecule has 6 aromatic rings. The number of aromatic amines is 1. The fourth-order valence-corrected chi connectivity index (χ4v) is 5.11. The van der Waals surface area contributed by atoms with Gasteiger partial charge in [0, 0.05) is 40.5 Å². The van der Waals surface area contributed by atoms with E-state index < -0.39 is 23.7 Å². The highest BCUT2D eigenvalue weighted by Crippen LogP contribution is 2.33. The van der Waals surface area contributed by atoms with Gasteiger partial charge in [0.2, 0.25) is 0 Å². The standard InChI is InChI=1S/C35H28N2O6/c1-22-31(17-16-27-28(19-32(38)43-33(22)27)24-12-6-3-7-13-24)42-34(39)30(18-25-20-36-29-15-9-8-14-26(25)29)37-35(40)41-21-23-10-4-2-5-11-23/h2-17,19-20,30,36H,18,21H2,1H3,(H,37,40). The van der Waals surface area contributed by atoms with E-state index in [2.05, 4.69) is 10.3 Å². The summed E-state index contributed by atoms with van der Waals surface area (Å²) in [5.74, 6) is -0.472. The molecule has 2 aromatic heterocycles. The van der Waals surface area contributed by atoms with Gasteiger partial charge in [0.1, 0.15) is 24.0 Å². The van der Waals surface area contributed by atoms with Crippen LogP contribution in [0.3, 0.4) is 0 Å². The van der Waals surface area contributed by atoms with Gasteiger partial charge in [0.15, 0.2) is 0 Å². The maximum Gasteiger partial charge on any atom is 0.408 e. The molecular weight excluding hydrogens is 544 g/mol. The number of esters is 1. The molecule has 0 saturated carbocycles. The third-order valence-corrected chi connectivity index (χ3v) is 7.29. The van der Waals surface area contributed by atoms with Gasteiger partial charge in [0.25, 0.3) is 0 Å². The quantitative estimate of drug-likeness (QED) is 0.119. The van der Waals surface area contributed by atoms with Gasteiger partial charge in [-0.05, 0) is 47.4 Å². The molecule has 0 aliphatic rings. The summed E-state index contributed by atoms with van der Waals surface area (Å²) in [5, 5.41) is 4.32. The van der Waals surface area contributed by atoms with Crippen molar-refractivity contribution < 1.29 is 23.5 Å². The Balaban J connectivity index is 1.28. The molecule has 1 amide bonds. The monoisotopic (exact) mass is 572 g/mol. The Labute approximate surface area is 246 Å². The zero-order valence-electron chi connectivity index (χ0n) is 23.3. The smallest absolute Gasteiger partial charge is 0.408 e. The Kier molecular flexibility index (Phi) is 7.74. The highest BCUT2D eigenvalue weighted by atomic mass is 16.6. The summed E-state index contributed by atoms with van der Waals surface area (Å²) in [6, 6.07) is 30.3. The molecule has 43 heavy (non-hydrogen) atoms. The number of hydrogen-bond donors (Lipinski definition) is 2. The van der Waals surface area contributed by atoms with Crippen LogP contribution in [0.2, 0.25) is 0 Å². The van der Waals surface area contributed by atoms with E-state index in [0.29, 0.717) is 22.1 Å². The minimum absolute atomic E-state index is 0.0497. The van der Waals surface area contributed by atoms with Crippen LogP contribution in [0, 0.1) is 6.92 Å². The average Bonchev–Trinajstić information content (AvgIpc) is 3.44. The summed E-state index contributed by atoms with van der Waals surface area (Å²) in [7, 11) is 0. The lowest BCUT2D eigenvalue weighted by atomic mass is 10.00. The highest BCUT2D eigenvalue weighted by Gasteiger charge is 2.26. The predicted octanol–water partition coefficient (Wildman–Crippen LogP) is 6.69. The molecule has 8 nitrogen and oxygen atoms in total. The third kappa shape index (κ3) is 6.04. The lowest BCUT2D eigenvalue weighted by Gasteiger charge is -2.18. The van der Waals surface area contributed by atoms with Gasteiger partial charge in [0.05, 0.1) is 0 Å². The SMILES string of the molecule is Cc1c(OC(=O)C(Cc2c[nH]c3ccccc23)NC(=O)OCc2ccccc2)ccc2c(-c3ccccc3)cc(=O)oc12. The van der Waals surface area contributed by atoms with Gasteiger partial charge in [-0.1, -0.05) is 78.9 Å². The number of benzene rings is 4. The molecule has 2 heterocycles. The van der Waals surface area contributed by atoms with Crippen LogP contribution in [0.5, 0.6) is 5.75 Å². The van der Waals surface area contributed by atoms with Crippen molar-refractivity contribution in [3.05, 3.63) is 136 Å². The van der Waals surface area contributed by atoms with E-state index >= 15 is 0 Å². The minimum Gasteiger partial charge on any atom is -0.445 e. The predicted molar refractivity (Wildman–Crippen MR) is 164 cm³/mol. The van der Waals surface area contributed by atoms with Crippen molar-refractivity contribution in [2.45, 2.75) is 26.0 Å². The van der Waals surface area contributed by atoms with Crippen molar-refractivity contribution in [3.8, 4) is 16.9 Å². The van der Waals surface area contributed by atoms with Crippen molar-refractivity contribution in [3.63, 3.8) is 0 Å². The maximum atomic E-state index is 13.6. The van der Waals surface area contributed by atoms with E-state index in [4.69, 9.17) is 13.9 Å². The first-order valence-corrected chi connectivity index (χ1v) is 13.8. The van der Waals surface area contributed by atoms with Crippen molar-refractivity contribution in [2.75, 3.05) is 0 Å². The van der Waals surface area contributed by atoms with E-state index in [-0.39, 0.29) is 18.8 Å². The normalized spacial score (nSPS) is 11.7. The number of aromatic nitrogens is 1. The second kappa shape index (κ2) is 12.1. The van der Waals surface area contributed by atoms with Crippen LogP contribution in [0.1, 0.15) is 16.7 Å². The molecule has 0 aliphatic carbocycles. The van der Waals surface area contributed by atoms with Gasteiger partial charge in [-0.3, -0.25) is 0 Å². The molecule has 0 saturated heterocycles. The lowest BCUT2D eigenvalue weighted by molar-refractivity contribution is -0.136. The molecule has 214 valence electrons. The summed E-state index contributed by atoms with van der Waals surface area (Å²) in [4.78, 5) is 42.2. The molecule has 0 aliphatic heterocycles. The Bertz CT molecular complexity index is 1980. The van der Waals surface area contributed by atoms with Crippen LogP contribution in [0.25, 0.3) is 33.0 Å². The number of aryl methyl sites for hydroxylation is 1. The second-order valence-electron chi connectivity index (χ2n) is 10.2. The third-order valence-electron chi connectivity index (χ3n) is 7.29. The Morgan fingerprint density at radius 3 is 2.40 bits per heavy atom. The minimum atomic E-state index is -1.07. The van der Waals surface area contributed by atoms with Crippen molar-refractivity contribution in [1.82, 2.24) is 10.3 Å². The fourth-order valence-electron chi connectivity index (χ4n) is 5.11. The molecular formula is C35H28N2O6. The number of hydrogen-bond acceptors (Lipinski definition) is 6. The van der Waals surface area contributed by atoms with Crippen LogP contribution < -0.4 is 15.7 Å². The second-order valence-corrected chi connectivity index (χ2v) is 10.2. The summed E-state index contributed by atoms with van der Waals surface area (Å²) < 4.78 is 16.8. The first kappa shape index (κ1) is 27.5. The van der Waals surface area contributed by atoms with Crippen LogP contribution in [0.15, 0.2) is 119 Å². The molecule has 0 fully saturated rings. The number of ether oxygens (including phenoxy) is 2. The number of carbonyl (C=O) groups excluding carboxylic acids is 2. The zero-order chi connectivity index (χ0) is 29.8. The van der Waals surface area contributed by atoms with Gasteiger partial charge >= 0.3 is 17.7 Å². The first-order chi connectivity index (χ1) is 21.0. The molecule has 0 bridgehead atoms. The van der Waals surface area contributed by atoms with Crippen molar-refractivity contribution in [2.24, 2.45) is 0 Å². The highest BCUT2D eigenvalue weighted by molar-refractivity contribution is 5.96. The summed E-state index contributed by atoms with van der Waals surface area (Å²) in [6.45, 7) is 1.77. The van der Waals surface area contributed by atoms with Gasteiger partial charge < -0.3 is 24.2 Å². The van der Waals surface area contributed by atoms with Crippen LogP contribution >= 0.6 is 0 Å². The summed E-state index contributed by atoms with van der Waals surface area (Å²) in [5.41, 5.74) is 4.42. The maximum absolute atomic E-state index is 13.6. The van der Waals surface area contributed by atoms with Crippen LogP contribution in [-0.2, 0) is 22.6 Å². The number of alkyl carbamates (subject to hydrolysis) is 1. The molecule has 1 unspecified atom stereocenters. The van der Waals surface area contributed by atoms with Crippen molar-refractivity contribution in [1.29, 1.82) is 0 Å². The van der Waals surface area contributed by atoms with Gasteiger partial charge in [-0.25, -0.2) is 14.4 Å². The largest absolute Gasteiger partial charge is 0.445 e. The molecule has 8 heteroatoms. The Hall–Kier alpha value is -5.63. The van der Waals surface area contributed by atoms with Gasteiger partial charge in [-0.15, -0.1) is 0 Å². The number of fused-ring (bicyclic) bond motifs is 2. The number of rotatable bonds is 8.